The van der Waals surface area contributed by atoms with Gasteiger partial charge in [-0.15, -0.1) is 0 Å². The molecule has 0 unspecified atom stereocenters. The number of likely N-dealkylation sites (tertiary alicyclic amines) is 1. The fourth-order valence-corrected chi connectivity index (χ4v) is 6.38. The van der Waals surface area contributed by atoms with Crippen LogP contribution in [0.4, 0.5) is 5.69 Å². The Morgan fingerprint density at radius 1 is 1.00 bits per heavy atom. The molecule has 0 spiro atoms. The Bertz CT molecular complexity index is 1210. The number of aryl methyl sites for hydroxylation is 1. The Labute approximate surface area is 218 Å². The lowest BCUT2D eigenvalue weighted by Gasteiger charge is -2.36. The number of piperazine rings is 1. The molecule has 3 heterocycles. The Hall–Kier alpha value is -3.12. The SMILES string of the molecule is CCOC(=O)C1CCN(C(=O)c2cn(C)nc2S(=O)(=O)N2CCN(c3ccccc3OCC)CC2)CC1. The zero-order valence-corrected chi connectivity index (χ0v) is 22.4. The number of nitrogens with zero attached hydrogens (tertiary/aromatic N) is 5. The van der Waals surface area contributed by atoms with Crippen molar-refractivity contribution in [3.05, 3.63) is 36.0 Å². The number of para-hydroxylation sites is 2. The summed E-state index contributed by atoms with van der Waals surface area (Å²) < 4.78 is 40.8. The van der Waals surface area contributed by atoms with Gasteiger partial charge in [-0.3, -0.25) is 14.3 Å². The van der Waals surface area contributed by atoms with Gasteiger partial charge in [-0.25, -0.2) is 8.42 Å². The smallest absolute Gasteiger partial charge is 0.309 e. The van der Waals surface area contributed by atoms with Gasteiger partial charge in [-0.1, -0.05) is 12.1 Å². The van der Waals surface area contributed by atoms with Crippen LogP contribution in [0.2, 0.25) is 0 Å². The van der Waals surface area contributed by atoms with Crippen LogP contribution >= 0.6 is 0 Å². The molecule has 11 nitrogen and oxygen atoms in total. The van der Waals surface area contributed by atoms with Crippen molar-refractivity contribution in [3.63, 3.8) is 0 Å². The number of aromatic nitrogens is 2. The van der Waals surface area contributed by atoms with E-state index in [1.165, 1.54) is 15.2 Å². The molecule has 0 N–H and O–H groups in total. The van der Waals surface area contributed by atoms with Crippen molar-refractivity contribution in [1.29, 1.82) is 0 Å². The molecular weight excluding hydrogens is 498 g/mol. The Kier molecular flexibility index (Phi) is 8.38. The number of sulfonamides is 1. The van der Waals surface area contributed by atoms with E-state index in [0.717, 1.165) is 11.4 Å². The van der Waals surface area contributed by atoms with Crippen molar-refractivity contribution < 1.29 is 27.5 Å². The molecule has 2 aliphatic heterocycles. The molecule has 0 radical (unpaired) electrons. The summed E-state index contributed by atoms with van der Waals surface area (Å²) in [7, 11) is -2.39. The first-order valence-corrected chi connectivity index (χ1v) is 14.2. The average molecular weight is 534 g/mol. The van der Waals surface area contributed by atoms with E-state index in [0.29, 0.717) is 52.2 Å². The van der Waals surface area contributed by atoms with Gasteiger partial charge in [0.1, 0.15) is 5.75 Å². The molecule has 1 aromatic carbocycles. The third kappa shape index (κ3) is 5.74. The lowest BCUT2D eigenvalue weighted by molar-refractivity contribution is -0.149. The van der Waals surface area contributed by atoms with Gasteiger partial charge in [0, 0.05) is 52.5 Å². The number of hydrogen-bond donors (Lipinski definition) is 0. The second kappa shape index (κ2) is 11.5. The van der Waals surface area contributed by atoms with Gasteiger partial charge < -0.3 is 19.3 Å². The monoisotopic (exact) mass is 533 g/mol. The summed E-state index contributed by atoms with van der Waals surface area (Å²) in [5.74, 6) is -0.114. The molecule has 0 saturated carbocycles. The third-order valence-electron chi connectivity index (χ3n) is 6.76. The van der Waals surface area contributed by atoms with E-state index in [4.69, 9.17) is 9.47 Å². The molecule has 1 amide bonds. The first-order valence-electron chi connectivity index (χ1n) is 12.7. The fourth-order valence-electron chi connectivity index (χ4n) is 4.84. The van der Waals surface area contributed by atoms with E-state index in [1.807, 2.05) is 31.2 Å². The minimum absolute atomic E-state index is 0.0567. The summed E-state index contributed by atoms with van der Waals surface area (Å²) in [4.78, 5) is 29.1. The maximum atomic E-state index is 13.6. The predicted molar refractivity (Wildman–Crippen MR) is 137 cm³/mol. The van der Waals surface area contributed by atoms with Crippen molar-refractivity contribution in [2.45, 2.75) is 31.7 Å². The van der Waals surface area contributed by atoms with Gasteiger partial charge in [-0.05, 0) is 38.8 Å². The Balaban J connectivity index is 1.46. The van der Waals surface area contributed by atoms with Crippen molar-refractivity contribution in [2.24, 2.45) is 13.0 Å². The number of rotatable bonds is 8. The van der Waals surface area contributed by atoms with Gasteiger partial charge in [0.2, 0.25) is 5.03 Å². The molecule has 0 aliphatic carbocycles. The quantitative estimate of drug-likeness (QED) is 0.472. The van der Waals surface area contributed by atoms with E-state index in [1.54, 1.807) is 18.9 Å². The van der Waals surface area contributed by atoms with E-state index in [9.17, 15) is 18.0 Å². The van der Waals surface area contributed by atoms with E-state index < -0.39 is 15.9 Å². The van der Waals surface area contributed by atoms with Gasteiger partial charge in [-0.2, -0.15) is 9.40 Å². The second-order valence-electron chi connectivity index (χ2n) is 9.13. The molecule has 12 heteroatoms. The normalized spacial score (nSPS) is 17.6. The van der Waals surface area contributed by atoms with Crippen molar-refractivity contribution >= 4 is 27.6 Å². The topological polar surface area (TPSA) is 114 Å². The van der Waals surface area contributed by atoms with Gasteiger partial charge in [0.05, 0.1) is 30.4 Å². The molecule has 2 aliphatic rings. The molecule has 37 heavy (non-hydrogen) atoms. The maximum absolute atomic E-state index is 13.6. The number of benzene rings is 1. The van der Waals surface area contributed by atoms with Gasteiger partial charge in [0.15, 0.2) is 0 Å². The number of amides is 1. The standard InChI is InChI=1S/C25H35N5O6S/c1-4-35-22-9-7-6-8-21(22)28-14-16-30(17-15-28)37(33,34)23-20(18-27(3)26-23)24(31)29-12-10-19(11-13-29)25(32)36-5-2/h6-9,18-19H,4-5,10-17H2,1-3H3. The molecule has 4 rings (SSSR count). The van der Waals surface area contributed by atoms with Crippen molar-refractivity contribution in [1.82, 2.24) is 19.0 Å². The van der Waals surface area contributed by atoms with Crippen LogP contribution < -0.4 is 9.64 Å². The molecule has 202 valence electrons. The molecule has 2 fully saturated rings. The molecule has 0 bridgehead atoms. The molecular formula is C25H35N5O6S. The molecule has 2 saturated heterocycles. The van der Waals surface area contributed by atoms with Crippen molar-refractivity contribution in [3.8, 4) is 5.75 Å². The predicted octanol–water partition coefficient (Wildman–Crippen LogP) is 1.75. The highest BCUT2D eigenvalue weighted by molar-refractivity contribution is 7.89. The molecule has 1 aromatic heterocycles. The summed E-state index contributed by atoms with van der Waals surface area (Å²) in [5, 5.41) is 3.96. The first kappa shape index (κ1) is 26.9. The highest BCUT2D eigenvalue weighted by Crippen LogP contribution is 2.30. The summed E-state index contributed by atoms with van der Waals surface area (Å²) in [6, 6.07) is 7.72. The minimum Gasteiger partial charge on any atom is -0.492 e. The van der Waals surface area contributed by atoms with Gasteiger partial charge in [0.25, 0.3) is 15.9 Å². The number of anilines is 1. The van der Waals surface area contributed by atoms with Crippen LogP contribution in [-0.2, 0) is 26.6 Å². The Morgan fingerprint density at radius 2 is 1.68 bits per heavy atom. The average Bonchev–Trinajstić information content (AvgIpc) is 3.31. The molecule has 0 atom stereocenters. The minimum atomic E-state index is -3.99. The first-order chi connectivity index (χ1) is 17.8. The highest BCUT2D eigenvalue weighted by Gasteiger charge is 2.37. The number of hydrogen-bond acceptors (Lipinski definition) is 8. The maximum Gasteiger partial charge on any atom is 0.309 e. The summed E-state index contributed by atoms with van der Waals surface area (Å²) in [5.41, 5.74) is 0.988. The number of carbonyl (C=O) groups excluding carboxylic acids is 2. The van der Waals surface area contributed by atoms with Crippen LogP contribution in [0.25, 0.3) is 0 Å². The zero-order valence-electron chi connectivity index (χ0n) is 21.6. The van der Waals surface area contributed by atoms with Crippen LogP contribution in [0.5, 0.6) is 5.75 Å². The Morgan fingerprint density at radius 3 is 2.32 bits per heavy atom. The zero-order chi connectivity index (χ0) is 26.6. The number of piperidine rings is 1. The summed E-state index contributed by atoms with van der Waals surface area (Å²) in [6.45, 7) is 6.77. The van der Waals surface area contributed by atoms with E-state index in [-0.39, 0.29) is 35.6 Å². The van der Waals surface area contributed by atoms with Crippen molar-refractivity contribution in [2.75, 3.05) is 57.4 Å². The van der Waals surface area contributed by atoms with E-state index >= 15 is 0 Å². The summed E-state index contributed by atoms with van der Waals surface area (Å²) >= 11 is 0. The highest BCUT2D eigenvalue weighted by atomic mass is 32.2. The van der Waals surface area contributed by atoms with Gasteiger partial charge >= 0.3 is 5.97 Å². The fraction of sp³-hybridized carbons (Fsp3) is 0.560. The lowest BCUT2D eigenvalue weighted by atomic mass is 9.96. The lowest BCUT2D eigenvalue weighted by Crippen LogP contribution is -2.49. The van der Waals surface area contributed by atoms with E-state index in [2.05, 4.69) is 10.00 Å². The number of esters is 1. The van der Waals surface area contributed by atoms with Crippen LogP contribution in [0.15, 0.2) is 35.5 Å². The second-order valence-corrected chi connectivity index (χ2v) is 11.0. The van der Waals surface area contributed by atoms with Crippen LogP contribution in [-0.4, -0.2) is 91.8 Å². The van der Waals surface area contributed by atoms with Crippen LogP contribution in [0.1, 0.15) is 37.0 Å². The molecule has 2 aromatic rings. The van der Waals surface area contributed by atoms with Crippen LogP contribution in [0.3, 0.4) is 0 Å². The number of carbonyl (C=O) groups is 2. The van der Waals surface area contributed by atoms with Crippen LogP contribution in [0, 0.1) is 5.92 Å². The third-order valence-corrected chi connectivity index (χ3v) is 8.59. The largest absolute Gasteiger partial charge is 0.492 e. The summed E-state index contributed by atoms with van der Waals surface area (Å²) in [6.07, 6.45) is 2.43. The number of ether oxygens (including phenoxy) is 2.